The van der Waals surface area contributed by atoms with Crippen LogP contribution < -0.4 is 28.0 Å². The quantitative estimate of drug-likeness (QED) is 0.200. The Balaban J connectivity index is 0.000000353. The van der Waals surface area contributed by atoms with E-state index in [9.17, 15) is 14.5 Å². The lowest BCUT2D eigenvalue weighted by atomic mass is 10.2. The molecule has 9 nitrogen and oxygen atoms in total. The summed E-state index contributed by atoms with van der Waals surface area (Å²) in [5.74, 6) is 1.67. The van der Waals surface area contributed by atoms with Crippen LogP contribution in [0, 0.1) is 11.3 Å². The van der Waals surface area contributed by atoms with Crippen molar-refractivity contribution in [2.45, 2.75) is 6.92 Å². The third kappa shape index (κ3) is 7.99. The average Bonchev–Trinajstić information content (AvgIpc) is 2.95. The number of Topliss-reactive ketones (excluding diaryl/α,β-unsaturated/α-hetero) is 1. The Morgan fingerprint density at radius 3 is 1.69 bits per heavy atom. The molecule has 1 heterocycles. The Labute approximate surface area is 230 Å². The van der Waals surface area contributed by atoms with Gasteiger partial charge in [0.05, 0.1) is 24.8 Å². The molecule has 0 bridgehead atoms. The van der Waals surface area contributed by atoms with Gasteiger partial charge in [-0.1, -0.05) is 28.1 Å². The number of ether oxygens (including phenoxy) is 2. The molecule has 1 aromatic heterocycles. The zero-order valence-electron chi connectivity index (χ0n) is 21.2. The first kappa shape index (κ1) is 29.1. The predicted molar refractivity (Wildman–Crippen MR) is 143 cm³/mol. The van der Waals surface area contributed by atoms with E-state index in [4.69, 9.17) is 35.4 Å². The Morgan fingerprint density at radius 2 is 1.31 bits per heavy atom. The van der Waals surface area contributed by atoms with Crippen molar-refractivity contribution in [1.82, 2.24) is 0 Å². The van der Waals surface area contributed by atoms with Crippen molar-refractivity contribution >= 4 is 25.1 Å². The Hall–Kier alpha value is -4.51. The third-order valence-corrected chi connectivity index (χ3v) is 7.17. The fourth-order valence-corrected chi connectivity index (χ4v) is 4.68. The van der Waals surface area contributed by atoms with Crippen molar-refractivity contribution < 1.29 is 37.3 Å². The summed E-state index contributed by atoms with van der Waals surface area (Å²) in [5.41, 5.74) is 0.718. The second-order valence-electron chi connectivity index (χ2n) is 7.78. The number of halogens is 1. The maximum Gasteiger partial charge on any atom is 0.728 e. The van der Waals surface area contributed by atoms with Crippen LogP contribution in [0.25, 0.3) is 0 Å². The molecular weight excluding hydrogens is 543 g/mol. The van der Waals surface area contributed by atoms with Gasteiger partial charge in [-0.3, -0.25) is 4.79 Å². The highest BCUT2D eigenvalue weighted by Crippen LogP contribution is 2.44. The Morgan fingerprint density at radius 1 is 0.846 bits per heavy atom. The van der Waals surface area contributed by atoms with Crippen LogP contribution in [0.2, 0.25) is 5.02 Å². The fourth-order valence-electron chi connectivity index (χ4n) is 3.06. The molecule has 0 atom stereocenters. The van der Waals surface area contributed by atoms with Crippen molar-refractivity contribution in [1.29, 1.82) is 5.26 Å². The molecular formula is C28H24ClN2O7P. The first-order valence-corrected chi connectivity index (χ1v) is 13.2. The number of ketones is 1. The number of hydrogen-bond donors (Lipinski definition) is 0. The molecule has 0 N–H and O–H groups in total. The van der Waals surface area contributed by atoms with Gasteiger partial charge in [0.15, 0.2) is 18.2 Å². The summed E-state index contributed by atoms with van der Waals surface area (Å²) in [4.78, 5) is 11.5. The topological polar surface area (TPSA) is 122 Å². The summed E-state index contributed by atoms with van der Waals surface area (Å²) in [6, 6.07) is 22.2. The number of hydrogen-bond acceptors (Lipinski definition) is 8. The number of carbonyl (C=O) groups excluding carboxylic acids is 1. The van der Waals surface area contributed by atoms with Crippen LogP contribution in [0.4, 0.5) is 0 Å². The van der Waals surface area contributed by atoms with Crippen molar-refractivity contribution in [2.75, 3.05) is 14.2 Å². The maximum absolute atomic E-state index is 13.7. The average molecular weight is 567 g/mol. The predicted octanol–water partition coefficient (Wildman–Crippen LogP) is 5.59. The minimum atomic E-state index is -3.89. The monoisotopic (exact) mass is 566 g/mol. The third-order valence-electron chi connectivity index (χ3n) is 5.12. The van der Waals surface area contributed by atoms with Gasteiger partial charge in [0.25, 0.3) is 0 Å². The van der Waals surface area contributed by atoms with Gasteiger partial charge in [-0.2, -0.15) is 9.83 Å². The van der Waals surface area contributed by atoms with Gasteiger partial charge in [0.1, 0.15) is 29.1 Å². The summed E-state index contributed by atoms with van der Waals surface area (Å²) in [5, 5.41) is 19.3. The van der Waals surface area contributed by atoms with Crippen LogP contribution in [-0.2, 0) is 4.57 Å². The number of carbonyl (C=O) groups is 1. The zero-order chi connectivity index (χ0) is 28.4. The molecule has 0 aliphatic rings. The zero-order valence-corrected chi connectivity index (χ0v) is 22.9. The molecule has 0 saturated carbocycles. The van der Waals surface area contributed by atoms with E-state index in [0.717, 1.165) is 0 Å². The highest BCUT2D eigenvalue weighted by Gasteiger charge is 2.42. The molecule has 0 radical (unpaired) electrons. The number of benzene rings is 3. The van der Waals surface area contributed by atoms with Gasteiger partial charge in [-0.05, 0) is 61.5 Å². The first-order valence-electron chi connectivity index (χ1n) is 11.3. The van der Waals surface area contributed by atoms with E-state index in [-0.39, 0.29) is 17.1 Å². The summed E-state index contributed by atoms with van der Waals surface area (Å²) in [7, 11) is -0.778. The molecule has 0 unspecified atom stereocenters. The van der Waals surface area contributed by atoms with E-state index in [0.29, 0.717) is 33.6 Å². The van der Waals surface area contributed by atoms with E-state index < -0.39 is 7.75 Å². The van der Waals surface area contributed by atoms with Crippen LogP contribution in [0.15, 0.2) is 91.3 Å². The van der Waals surface area contributed by atoms with Gasteiger partial charge in [0.2, 0.25) is 0 Å². The lowest BCUT2D eigenvalue weighted by molar-refractivity contribution is -0.536. The van der Waals surface area contributed by atoms with Crippen LogP contribution in [-0.4, -0.2) is 20.0 Å². The van der Waals surface area contributed by atoms with E-state index in [1.54, 1.807) is 81.0 Å². The van der Waals surface area contributed by atoms with Gasteiger partial charge >= 0.3 is 7.75 Å². The number of nitriles is 1. The van der Waals surface area contributed by atoms with Crippen LogP contribution in [0.5, 0.6) is 28.7 Å². The lowest BCUT2D eigenvalue weighted by Crippen LogP contribution is -2.35. The Kier molecular flexibility index (Phi) is 9.93. The van der Waals surface area contributed by atoms with Crippen molar-refractivity contribution in [2.24, 2.45) is 0 Å². The van der Waals surface area contributed by atoms with E-state index >= 15 is 0 Å². The Bertz CT molecular complexity index is 1450. The second kappa shape index (κ2) is 13.3. The minimum absolute atomic E-state index is 0.0980. The fraction of sp³-hybridized carbons (Fsp3) is 0.107. The SMILES string of the molecule is COc1ccc(OP(=O)(Oc2ccc(OC)cc2)[n+]2ccc(C(C)=O)cc2)cc1.N#Cc1cc([O-])ccc1Cl. The molecule has 0 saturated heterocycles. The highest BCUT2D eigenvalue weighted by molar-refractivity contribution is 7.47. The minimum Gasteiger partial charge on any atom is -0.872 e. The largest absolute Gasteiger partial charge is 0.872 e. The standard InChI is InChI=1S/C21H21NO6P.C7H4ClNO/c1-16(23)17-12-14-22(15-13-17)29(24,27-20-8-4-18(25-2)5-9-20)28-21-10-6-19(26-3)7-11-21;8-7-2-1-6(10)3-5(7)4-9/h4-15H,1-3H3;1-3,10H/q+1;/p-1. The van der Waals surface area contributed by atoms with Crippen molar-refractivity contribution in [3.8, 4) is 34.8 Å². The molecule has 3 aromatic carbocycles. The smallest absolute Gasteiger partial charge is 0.728 e. The number of rotatable bonds is 8. The molecule has 0 aliphatic carbocycles. The van der Waals surface area contributed by atoms with Gasteiger partial charge in [-0.15, -0.1) is 5.75 Å². The normalized spacial score (nSPS) is 10.3. The van der Waals surface area contributed by atoms with Crippen molar-refractivity contribution in [3.05, 3.63) is 107 Å². The highest BCUT2D eigenvalue weighted by atomic mass is 35.5. The lowest BCUT2D eigenvalue weighted by Gasteiger charge is -2.14. The number of pyridine rings is 1. The summed E-state index contributed by atoms with van der Waals surface area (Å²) >= 11 is 5.53. The first-order chi connectivity index (χ1) is 18.7. The van der Waals surface area contributed by atoms with Crippen molar-refractivity contribution in [3.63, 3.8) is 0 Å². The maximum atomic E-state index is 13.7. The van der Waals surface area contributed by atoms with Gasteiger partial charge < -0.3 is 23.6 Å². The van der Waals surface area contributed by atoms with Crippen LogP contribution in [0.1, 0.15) is 22.8 Å². The number of aromatic nitrogens is 1. The molecule has 0 fully saturated rings. The van der Waals surface area contributed by atoms with Crippen LogP contribution >= 0.6 is 19.3 Å². The molecule has 0 aliphatic heterocycles. The number of methoxy groups -OCH3 is 2. The molecule has 4 rings (SSSR count). The molecule has 11 heteroatoms. The second-order valence-corrected chi connectivity index (χ2v) is 9.95. The molecule has 200 valence electrons. The van der Waals surface area contributed by atoms with E-state index in [1.165, 1.54) is 41.9 Å². The molecule has 0 spiro atoms. The molecule has 4 aromatic rings. The summed E-state index contributed by atoms with van der Waals surface area (Å²) in [6.07, 6.45) is 2.98. The van der Waals surface area contributed by atoms with Gasteiger partial charge in [0, 0.05) is 17.7 Å². The van der Waals surface area contributed by atoms with Gasteiger partial charge in [-0.25, -0.2) is 0 Å². The number of nitrogens with zero attached hydrogens (tertiary/aromatic N) is 2. The molecule has 0 amide bonds. The van der Waals surface area contributed by atoms with E-state index in [1.807, 2.05) is 0 Å². The van der Waals surface area contributed by atoms with E-state index in [2.05, 4.69) is 0 Å². The summed E-state index contributed by atoms with van der Waals surface area (Å²) in [6.45, 7) is 1.46. The van der Waals surface area contributed by atoms with Crippen LogP contribution in [0.3, 0.4) is 0 Å². The molecule has 39 heavy (non-hydrogen) atoms. The summed E-state index contributed by atoms with van der Waals surface area (Å²) < 4.78 is 36.8.